The van der Waals surface area contributed by atoms with Crippen LogP contribution < -0.4 is 5.32 Å². The van der Waals surface area contributed by atoms with E-state index in [-0.39, 0.29) is 16.9 Å². The Bertz CT molecular complexity index is 1120. The highest BCUT2D eigenvalue weighted by atomic mass is 35.5. The van der Waals surface area contributed by atoms with Gasteiger partial charge in [0, 0.05) is 21.8 Å². The average molecular weight is 436 g/mol. The minimum Gasteiger partial charge on any atom is -0.452 e. The Hall–Kier alpha value is -3.44. The predicted octanol–water partition coefficient (Wildman–Crippen LogP) is 5.24. The number of hydrogen-bond acceptors (Lipinski definition) is 4. The largest absolute Gasteiger partial charge is 0.452 e. The molecule has 3 aromatic rings. The average Bonchev–Trinajstić information content (AvgIpc) is 2.79. The maximum atomic E-state index is 12.8. The summed E-state index contributed by atoms with van der Waals surface area (Å²) in [4.78, 5) is 37.8. The molecule has 5 nitrogen and oxygen atoms in total. The number of anilines is 1. The van der Waals surface area contributed by atoms with Gasteiger partial charge in [-0.25, -0.2) is 4.79 Å². The van der Waals surface area contributed by atoms with Gasteiger partial charge in [-0.05, 0) is 54.8 Å². The van der Waals surface area contributed by atoms with Crippen LogP contribution in [0, 0.1) is 6.92 Å². The summed E-state index contributed by atoms with van der Waals surface area (Å²) in [5, 5.41) is 3.32. The lowest BCUT2D eigenvalue weighted by molar-refractivity contribution is -0.119. The SMILES string of the molecule is CCc1cccc(C)c1NC(=O)COC(=O)c1ccccc1C(=O)c1ccc(Cl)cc1. The van der Waals surface area contributed by atoms with Crippen LogP contribution in [0.15, 0.2) is 66.7 Å². The number of carbonyl (C=O) groups is 3. The summed E-state index contributed by atoms with van der Waals surface area (Å²) in [6, 6.07) is 18.5. The summed E-state index contributed by atoms with van der Waals surface area (Å²) in [6.07, 6.45) is 0.761. The van der Waals surface area contributed by atoms with Gasteiger partial charge in [-0.1, -0.05) is 54.9 Å². The van der Waals surface area contributed by atoms with Crippen LogP contribution in [0.4, 0.5) is 5.69 Å². The smallest absolute Gasteiger partial charge is 0.339 e. The van der Waals surface area contributed by atoms with Crippen molar-refractivity contribution < 1.29 is 19.1 Å². The van der Waals surface area contributed by atoms with E-state index in [0.29, 0.717) is 10.6 Å². The molecule has 0 aliphatic rings. The molecule has 3 rings (SSSR count). The molecular formula is C25H22ClNO4. The molecule has 0 fully saturated rings. The molecule has 0 unspecified atom stereocenters. The number of amides is 1. The monoisotopic (exact) mass is 435 g/mol. The van der Waals surface area contributed by atoms with Crippen molar-refractivity contribution in [2.45, 2.75) is 20.3 Å². The van der Waals surface area contributed by atoms with Gasteiger partial charge in [-0.3, -0.25) is 9.59 Å². The topological polar surface area (TPSA) is 72.5 Å². The van der Waals surface area contributed by atoms with Crippen LogP contribution >= 0.6 is 11.6 Å². The van der Waals surface area contributed by atoms with Crippen molar-refractivity contribution in [3.63, 3.8) is 0 Å². The summed E-state index contributed by atoms with van der Waals surface area (Å²) >= 11 is 5.88. The number of carbonyl (C=O) groups excluding carboxylic acids is 3. The Kier molecular flexibility index (Phi) is 7.21. The van der Waals surface area contributed by atoms with Gasteiger partial charge in [0.25, 0.3) is 5.91 Å². The van der Waals surface area contributed by atoms with E-state index in [2.05, 4.69) is 5.32 Å². The molecule has 0 saturated carbocycles. The first kappa shape index (κ1) is 22.2. The second kappa shape index (κ2) is 10.0. The number of hydrogen-bond donors (Lipinski definition) is 1. The maximum Gasteiger partial charge on any atom is 0.339 e. The van der Waals surface area contributed by atoms with E-state index in [1.807, 2.05) is 32.0 Å². The molecule has 0 aliphatic heterocycles. The van der Waals surface area contributed by atoms with Crippen molar-refractivity contribution in [1.82, 2.24) is 0 Å². The van der Waals surface area contributed by atoms with E-state index in [4.69, 9.17) is 16.3 Å². The Labute approximate surface area is 186 Å². The van der Waals surface area contributed by atoms with Gasteiger partial charge in [-0.2, -0.15) is 0 Å². The van der Waals surface area contributed by atoms with E-state index < -0.39 is 18.5 Å². The molecular weight excluding hydrogens is 414 g/mol. The number of halogens is 1. The van der Waals surface area contributed by atoms with Crippen LogP contribution in [0.5, 0.6) is 0 Å². The summed E-state index contributed by atoms with van der Waals surface area (Å²) < 4.78 is 5.20. The van der Waals surface area contributed by atoms with E-state index in [1.165, 1.54) is 6.07 Å². The molecule has 3 aromatic carbocycles. The molecule has 0 aromatic heterocycles. The highest BCUT2D eigenvalue weighted by molar-refractivity contribution is 6.30. The maximum absolute atomic E-state index is 12.8. The van der Waals surface area contributed by atoms with Crippen molar-refractivity contribution in [2.75, 3.05) is 11.9 Å². The highest BCUT2D eigenvalue weighted by Crippen LogP contribution is 2.21. The van der Waals surface area contributed by atoms with Gasteiger partial charge >= 0.3 is 5.97 Å². The van der Waals surface area contributed by atoms with Crippen LogP contribution in [0.3, 0.4) is 0 Å². The number of rotatable bonds is 7. The lowest BCUT2D eigenvalue weighted by Gasteiger charge is -2.13. The van der Waals surface area contributed by atoms with Gasteiger partial charge in [-0.15, -0.1) is 0 Å². The molecule has 0 aliphatic carbocycles. The minimum absolute atomic E-state index is 0.0976. The second-order valence-corrected chi connectivity index (χ2v) is 7.40. The zero-order valence-corrected chi connectivity index (χ0v) is 18.0. The van der Waals surface area contributed by atoms with E-state index in [0.717, 1.165) is 23.2 Å². The van der Waals surface area contributed by atoms with Crippen LogP contribution in [0.1, 0.15) is 44.3 Å². The third kappa shape index (κ3) is 5.38. The van der Waals surface area contributed by atoms with Crippen LogP contribution in [-0.4, -0.2) is 24.3 Å². The normalized spacial score (nSPS) is 10.4. The van der Waals surface area contributed by atoms with E-state index in [1.54, 1.807) is 42.5 Å². The van der Waals surface area contributed by atoms with Crippen molar-refractivity contribution >= 4 is 34.9 Å². The number of aryl methyl sites for hydroxylation is 2. The summed E-state index contributed by atoms with van der Waals surface area (Å²) in [6.45, 7) is 3.44. The van der Waals surface area contributed by atoms with Crippen molar-refractivity contribution in [2.24, 2.45) is 0 Å². The number of benzene rings is 3. The number of nitrogens with one attached hydrogen (secondary N) is 1. The Morgan fingerprint density at radius 1 is 0.903 bits per heavy atom. The Balaban J connectivity index is 1.71. The van der Waals surface area contributed by atoms with E-state index >= 15 is 0 Å². The number of ketones is 1. The molecule has 1 amide bonds. The highest BCUT2D eigenvalue weighted by Gasteiger charge is 2.20. The third-order valence-electron chi connectivity index (χ3n) is 4.84. The van der Waals surface area contributed by atoms with Crippen molar-refractivity contribution in [1.29, 1.82) is 0 Å². The van der Waals surface area contributed by atoms with Crippen LogP contribution in [0.2, 0.25) is 5.02 Å². The molecule has 1 N–H and O–H groups in total. The van der Waals surface area contributed by atoms with Gasteiger partial charge in [0.2, 0.25) is 0 Å². The molecule has 0 spiro atoms. The lowest BCUT2D eigenvalue weighted by atomic mass is 9.98. The lowest BCUT2D eigenvalue weighted by Crippen LogP contribution is -2.23. The standard InChI is InChI=1S/C25H22ClNO4/c1-3-17-8-6-7-16(2)23(17)27-22(28)15-31-25(30)21-10-5-4-9-20(21)24(29)18-11-13-19(26)14-12-18/h4-14H,3,15H2,1-2H3,(H,27,28). The molecule has 0 bridgehead atoms. The van der Waals surface area contributed by atoms with Gasteiger partial charge in [0.05, 0.1) is 5.56 Å². The minimum atomic E-state index is -0.742. The van der Waals surface area contributed by atoms with Crippen molar-refractivity contribution in [3.8, 4) is 0 Å². The molecule has 158 valence electrons. The number of ether oxygens (including phenoxy) is 1. The molecule has 0 heterocycles. The summed E-state index contributed by atoms with van der Waals surface area (Å²) in [7, 11) is 0. The first-order valence-corrected chi connectivity index (χ1v) is 10.2. The zero-order valence-electron chi connectivity index (χ0n) is 17.3. The zero-order chi connectivity index (χ0) is 22.4. The van der Waals surface area contributed by atoms with Gasteiger partial charge < -0.3 is 10.1 Å². The first-order chi connectivity index (χ1) is 14.9. The third-order valence-corrected chi connectivity index (χ3v) is 5.09. The fourth-order valence-corrected chi connectivity index (χ4v) is 3.33. The van der Waals surface area contributed by atoms with Gasteiger partial charge in [0.1, 0.15) is 0 Å². The number of esters is 1. The van der Waals surface area contributed by atoms with Crippen molar-refractivity contribution in [3.05, 3.63) is 99.6 Å². The van der Waals surface area contributed by atoms with Crippen LogP contribution in [-0.2, 0) is 16.0 Å². The molecule has 31 heavy (non-hydrogen) atoms. The van der Waals surface area contributed by atoms with E-state index in [9.17, 15) is 14.4 Å². The Morgan fingerprint density at radius 2 is 1.58 bits per heavy atom. The predicted molar refractivity (Wildman–Crippen MR) is 121 cm³/mol. The second-order valence-electron chi connectivity index (χ2n) is 6.97. The first-order valence-electron chi connectivity index (χ1n) is 9.85. The fourth-order valence-electron chi connectivity index (χ4n) is 3.20. The Morgan fingerprint density at radius 3 is 2.26 bits per heavy atom. The van der Waals surface area contributed by atoms with Gasteiger partial charge in [0.15, 0.2) is 12.4 Å². The summed E-state index contributed by atoms with van der Waals surface area (Å²) in [5.41, 5.74) is 3.35. The molecule has 0 atom stereocenters. The van der Waals surface area contributed by atoms with Crippen LogP contribution in [0.25, 0.3) is 0 Å². The summed E-state index contributed by atoms with van der Waals surface area (Å²) in [5.74, 6) is -1.52. The molecule has 0 radical (unpaired) electrons. The number of para-hydroxylation sites is 1. The molecule has 6 heteroatoms. The molecule has 0 saturated heterocycles. The quantitative estimate of drug-likeness (QED) is 0.407. The fraction of sp³-hybridized carbons (Fsp3) is 0.160.